The van der Waals surface area contributed by atoms with E-state index in [1.165, 1.54) is 44.8 Å². The summed E-state index contributed by atoms with van der Waals surface area (Å²) >= 11 is 1.24. The lowest BCUT2D eigenvalue weighted by Gasteiger charge is -2.09. The first-order valence-corrected chi connectivity index (χ1v) is 11.2. The highest BCUT2D eigenvalue weighted by Crippen LogP contribution is 2.34. The molecule has 2 aromatic heterocycles. The Morgan fingerprint density at radius 2 is 1.68 bits per heavy atom. The molecule has 2 heterocycles. The minimum Gasteiger partial charge on any atom is -0.493 e. The van der Waals surface area contributed by atoms with Crippen molar-refractivity contribution >= 4 is 33.0 Å². The average Bonchev–Trinajstić information content (AvgIpc) is 3.31. The number of thiophene rings is 1. The van der Waals surface area contributed by atoms with Crippen LogP contribution in [-0.2, 0) is 0 Å². The van der Waals surface area contributed by atoms with E-state index in [-0.39, 0.29) is 47.6 Å². The first kappa shape index (κ1) is 23.3. The van der Waals surface area contributed by atoms with Crippen LogP contribution >= 0.6 is 11.3 Å². The Hall–Kier alpha value is -3.85. The van der Waals surface area contributed by atoms with Crippen LogP contribution in [0, 0.1) is 5.82 Å². The highest BCUT2D eigenvalue weighted by atomic mass is 32.1. The number of Topliss-reactive ketones (excluding diaryl/α,β-unsaturated/α-hetero) is 2. The van der Waals surface area contributed by atoms with Crippen LogP contribution in [-0.4, -0.2) is 42.9 Å². The van der Waals surface area contributed by atoms with Gasteiger partial charge in [0.1, 0.15) is 11.5 Å². The van der Waals surface area contributed by atoms with Crippen LogP contribution < -0.4 is 14.2 Å². The van der Waals surface area contributed by atoms with Gasteiger partial charge in [-0.25, -0.2) is 9.37 Å². The van der Waals surface area contributed by atoms with E-state index in [9.17, 15) is 14.0 Å². The Morgan fingerprint density at radius 1 is 0.912 bits per heavy atom. The number of hydrogen-bond acceptors (Lipinski definition) is 8. The summed E-state index contributed by atoms with van der Waals surface area (Å²) in [5.74, 6) is 0.528. The van der Waals surface area contributed by atoms with Gasteiger partial charge in [-0.3, -0.25) is 9.59 Å². The molecule has 0 radical (unpaired) electrons. The second kappa shape index (κ2) is 9.96. The molecule has 2 aromatic carbocycles. The Balaban J connectivity index is 1.57. The summed E-state index contributed by atoms with van der Waals surface area (Å²) < 4.78 is 30.3. The Bertz CT molecular complexity index is 1390. The van der Waals surface area contributed by atoms with Crippen molar-refractivity contribution < 1.29 is 28.2 Å². The van der Waals surface area contributed by atoms with Crippen molar-refractivity contribution in [2.24, 2.45) is 0 Å². The number of nitrogens with zero attached hydrogens (tertiary/aromatic N) is 2. The topological polar surface area (TPSA) is 87.6 Å². The van der Waals surface area contributed by atoms with Crippen molar-refractivity contribution in [2.45, 2.75) is 12.8 Å². The quantitative estimate of drug-likeness (QED) is 0.298. The lowest BCUT2D eigenvalue weighted by Crippen LogP contribution is -2.09. The lowest BCUT2D eigenvalue weighted by atomic mass is 10.0. The fraction of sp³-hybridized carbons (Fsp3) is 0.200. The number of rotatable bonds is 9. The maximum absolute atomic E-state index is 14.1. The van der Waals surface area contributed by atoms with Crippen molar-refractivity contribution in [2.75, 3.05) is 21.3 Å². The minimum absolute atomic E-state index is 0.0113. The highest BCUT2D eigenvalue weighted by Gasteiger charge is 2.19. The van der Waals surface area contributed by atoms with Crippen LogP contribution in [0.25, 0.3) is 21.5 Å². The Labute approximate surface area is 199 Å². The van der Waals surface area contributed by atoms with Gasteiger partial charge in [-0.2, -0.15) is 4.98 Å². The van der Waals surface area contributed by atoms with Crippen LogP contribution in [0.4, 0.5) is 4.39 Å². The molecule has 0 unspecified atom stereocenters. The summed E-state index contributed by atoms with van der Waals surface area (Å²) in [6, 6.07) is 11.1. The zero-order valence-electron chi connectivity index (χ0n) is 18.8. The van der Waals surface area contributed by atoms with Crippen LogP contribution in [0.3, 0.4) is 0 Å². The lowest BCUT2D eigenvalue weighted by molar-refractivity contribution is 0.0914. The van der Waals surface area contributed by atoms with Crippen LogP contribution in [0.15, 0.2) is 47.8 Å². The second-order valence-corrected chi connectivity index (χ2v) is 8.18. The zero-order chi connectivity index (χ0) is 24.2. The molecule has 0 aliphatic rings. The average molecular weight is 481 g/mol. The molecule has 34 heavy (non-hydrogen) atoms. The monoisotopic (exact) mass is 480 g/mol. The number of fused-ring (bicyclic) bond motifs is 1. The molecule has 0 spiro atoms. The summed E-state index contributed by atoms with van der Waals surface area (Å²) in [5, 5.41) is 2.40. The van der Waals surface area contributed by atoms with E-state index in [4.69, 9.17) is 14.2 Å². The molecule has 0 N–H and O–H groups in total. The molecule has 0 amide bonds. The first-order chi connectivity index (χ1) is 16.4. The molecule has 174 valence electrons. The summed E-state index contributed by atoms with van der Waals surface area (Å²) in [7, 11) is 4.44. The molecule has 0 aliphatic heterocycles. The smallest absolute Gasteiger partial charge is 0.217 e. The number of carbonyl (C=O) groups is 2. The van der Waals surface area contributed by atoms with Crippen molar-refractivity contribution in [3.63, 3.8) is 0 Å². The Morgan fingerprint density at radius 3 is 2.41 bits per heavy atom. The molecule has 0 saturated heterocycles. The summed E-state index contributed by atoms with van der Waals surface area (Å²) in [6.07, 6.45) is -0.0612. The van der Waals surface area contributed by atoms with Crippen LogP contribution in [0.1, 0.15) is 33.7 Å². The fourth-order valence-electron chi connectivity index (χ4n) is 3.50. The third-order valence-corrected chi connectivity index (χ3v) is 6.28. The first-order valence-electron chi connectivity index (χ1n) is 10.3. The molecular weight excluding hydrogens is 459 g/mol. The summed E-state index contributed by atoms with van der Waals surface area (Å²) in [6.45, 7) is 0. The number of ether oxygens (including phenoxy) is 3. The third kappa shape index (κ3) is 4.60. The molecule has 0 bridgehead atoms. The number of halogens is 1. The Kier molecular flexibility index (Phi) is 6.83. The molecule has 4 aromatic rings. The maximum atomic E-state index is 14.1. The predicted molar refractivity (Wildman–Crippen MR) is 127 cm³/mol. The second-order valence-electron chi connectivity index (χ2n) is 7.30. The molecule has 0 atom stereocenters. The number of hydrogen-bond donors (Lipinski definition) is 0. The van der Waals surface area contributed by atoms with Crippen molar-refractivity contribution in [3.05, 3.63) is 64.9 Å². The SMILES string of the molecule is COc1cc(C(=O)CCC(=O)c2ccc(OC)c(OC)c2)nc(-c2csc3c(F)cccc23)n1. The highest BCUT2D eigenvalue weighted by molar-refractivity contribution is 7.17. The fourth-order valence-corrected chi connectivity index (χ4v) is 4.45. The van der Waals surface area contributed by atoms with Crippen LogP contribution in [0.2, 0.25) is 0 Å². The van der Waals surface area contributed by atoms with Gasteiger partial charge in [-0.15, -0.1) is 11.3 Å². The molecular formula is C25H21FN2O5S. The molecule has 0 saturated carbocycles. The van der Waals surface area contributed by atoms with Gasteiger partial charge < -0.3 is 14.2 Å². The maximum Gasteiger partial charge on any atom is 0.217 e. The van der Waals surface area contributed by atoms with Gasteiger partial charge in [0.25, 0.3) is 0 Å². The van der Waals surface area contributed by atoms with Gasteiger partial charge in [0.05, 0.1) is 26.0 Å². The number of carbonyl (C=O) groups excluding carboxylic acids is 2. The van der Waals surface area contributed by atoms with Gasteiger partial charge >= 0.3 is 0 Å². The van der Waals surface area contributed by atoms with E-state index in [1.54, 1.807) is 35.7 Å². The van der Waals surface area contributed by atoms with Gasteiger partial charge in [0.15, 0.2) is 28.9 Å². The molecule has 7 nitrogen and oxygen atoms in total. The molecule has 0 fully saturated rings. The van der Waals surface area contributed by atoms with E-state index < -0.39 is 0 Å². The third-order valence-electron chi connectivity index (χ3n) is 5.27. The van der Waals surface area contributed by atoms with E-state index in [0.717, 1.165) is 0 Å². The van der Waals surface area contributed by atoms with Gasteiger partial charge in [-0.1, -0.05) is 12.1 Å². The number of benzene rings is 2. The largest absolute Gasteiger partial charge is 0.493 e. The number of ketones is 2. The summed E-state index contributed by atoms with van der Waals surface area (Å²) in [5.41, 5.74) is 1.14. The van der Waals surface area contributed by atoms with E-state index in [2.05, 4.69) is 9.97 Å². The van der Waals surface area contributed by atoms with E-state index in [0.29, 0.717) is 32.7 Å². The van der Waals surface area contributed by atoms with Gasteiger partial charge in [0.2, 0.25) is 5.88 Å². The van der Waals surface area contributed by atoms with E-state index in [1.807, 2.05) is 0 Å². The predicted octanol–water partition coefficient (Wildman–Crippen LogP) is 5.37. The normalized spacial score (nSPS) is 10.8. The number of methoxy groups -OCH3 is 3. The van der Waals surface area contributed by atoms with E-state index >= 15 is 0 Å². The van der Waals surface area contributed by atoms with Gasteiger partial charge in [0, 0.05) is 40.8 Å². The molecule has 9 heteroatoms. The zero-order valence-corrected chi connectivity index (χ0v) is 19.6. The van der Waals surface area contributed by atoms with Crippen LogP contribution in [0.5, 0.6) is 17.4 Å². The molecule has 4 rings (SSSR count). The summed E-state index contributed by atoms with van der Waals surface area (Å²) in [4.78, 5) is 34.3. The van der Waals surface area contributed by atoms with Crippen molar-refractivity contribution in [3.8, 4) is 28.8 Å². The van der Waals surface area contributed by atoms with Crippen molar-refractivity contribution in [1.29, 1.82) is 0 Å². The minimum atomic E-state index is -0.332. The standard InChI is InChI=1S/C25H21FN2O5S/c1-31-21-10-7-14(11-22(21)32-2)19(29)8-9-20(30)18-12-23(33-3)28-25(27-18)16-13-34-24-15(16)5-4-6-17(24)26/h4-7,10-13H,8-9H2,1-3H3. The number of aromatic nitrogens is 2. The van der Waals surface area contributed by atoms with Crippen molar-refractivity contribution in [1.82, 2.24) is 9.97 Å². The molecule has 0 aliphatic carbocycles. The van der Waals surface area contributed by atoms with Gasteiger partial charge in [-0.05, 0) is 24.3 Å².